The molecule has 0 aromatic carbocycles. The van der Waals surface area contributed by atoms with Crippen LogP contribution in [-0.4, -0.2) is 11.5 Å². The predicted octanol–water partition coefficient (Wildman–Crippen LogP) is 4.02. The lowest BCUT2D eigenvalue weighted by molar-refractivity contribution is -0.119. The molecule has 2 heteroatoms. The number of unbranched alkanes of at least 4 members (excludes halogenated alkanes) is 5. The van der Waals surface area contributed by atoms with Crippen molar-refractivity contribution in [2.75, 3.05) is 5.75 Å². The zero-order chi connectivity index (χ0) is 10.6. The average Bonchev–Trinajstić information content (AvgIpc) is 2.19. The van der Waals surface area contributed by atoms with Crippen LogP contribution >= 0.6 is 12.6 Å². The second kappa shape index (κ2) is 11.1. The summed E-state index contributed by atoms with van der Waals surface area (Å²) in [5.41, 5.74) is 0. The zero-order valence-corrected chi connectivity index (χ0v) is 10.3. The molecule has 0 fully saturated rings. The average molecular weight is 216 g/mol. The van der Waals surface area contributed by atoms with Gasteiger partial charge in [0.1, 0.15) is 5.78 Å². The predicted molar refractivity (Wildman–Crippen MR) is 66.1 cm³/mol. The minimum atomic E-state index is 0.459. The highest BCUT2D eigenvalue weighted by molar-refractivity contribution is 7.80. The molecular weight excluding hydrogens is 192 g/mol. The maximum atomic E-state index is 11.4. The van der Waals surface area contributed by atoms with Gasteiger partial charge in [-0.1, -0.05) is 32.6 Å². The Morgan fingerprint density at radius 3 is 2.00 bits per heavy atom. The summed E-state index contributed by atoms with van der Waals surface area (Å²) in [4.78, 5) is 11.4. The van der Waals surface area contributed by atoms with E-state index in [1.807, 2.05) is 0 Å². The highest BCUT2D eigenvalue weighted by Crippen LogP contribution is 2.07. The maximum absolute atomic E-state index is 11.4. The summed E-state index contributed by atoms with van der Waals surface area (Å²) in [6, 6.07) is 0. The maximum Gasteiger partial charge on any atom is 0.132 e. The highest BCUT2D eigenvalue weighted by Gasteiger charge is 2.00. The van der Waals surface area contributed by atoms with E-state index in [2.05, 4.69) is 19.6 Å². The minimum Gasteiger partial charge on any atom is -0.300 e. The van der Waals surface area contributed by atoms with Crippen molar-refractivity contribution in [1.29, 1.82) is 0 Å². The van der Waals surface area contributed by atoms with Crippen LogP contribution in [0, 0.1) is 0 Å². The summed E-state index contributed by atoms with van der Waals surface area (Å²) in [6.07, 6.45) is 9.80. The van der Waals surface area contributed by atoms with Gasteiger partial charge in [0.05, 0.1) is 0 Å². The molecule has 0 radical (unpaired) electrons. The van der Waals surface area contributed by atoms with Crippen LogP contribution in [0.15, 0.2) is 0 Å². The molecule has 1 nitrogen and oxygen atoms in total. The highest BCUT2D eigenvalue weighted by atomic mass is 32.1. The van der Waals surface area contributed by atoms with Crippen molar-refractivity contribution in [3.05, 3.63) is 0 Å². The summed E-state index contributed by atoms with van der Waals surface area (Å²) in [7, 11) is 0. The van der Waals surface area contributed by atoms with Gasteiger partial charge in [-0.05, 0) is 25.0 Å². The number of Topliss-reactive ketones (excluding diaryl/α,β-unsaturated/α-hetero) is 1. The van der Waals surface area contributed by atoms with E-state index in [0.717, 1.165) is 44.3 Å². The van der Waals surface area contributed by atoms with Gasteiger partial charge in [-0.2, -0.15) is 12.6 Å². The van der Waals surface area contributed by atoms with E-state index in [1.54, 1.807) is 0 Å². The molecule has 0 bridgehead atoms. The molecule has 0 rings (SSSR count). The summed E-state index contributed by atoms with van der Waals surface area (Å²) in [5, 5.41) is 0. The molecule has 0 aromatic rings. The number of thiol groups is 1. The molecule has 0 aliphatic rings. The van der Waals surface area contributed by atoms with Gasteiger partial charge in [-0.25, -0.2) is 0 Å². The van der Waals surface area contributed by atoms with E-state index in [0.29, 0.717) is 5.78 Å². The summed E-state index contributed by atoms with van der Waals surface area (Å²) in [6.45, 7) is 2.19. The van der Waals surface area contributed by atoms with Crippen molar-refractivity contribution >= 4 is 18.4 Å². The van der Waals surface area contributed by atoms with Gasteiger partial charge in [-0.15, -0.1) is 0 Å². The molecule has 14 heavy (non-hydrogen) atoms. The SMILES string of the molecule is CCCCCCC(=O)CCCCCS. The molecule has 0 aliphatic heterocycles. The van der Waals surface area contributed by atoms with Gasteiger partial charge in [0, 0.05) is 12.8 Å². The quantitative estimate of drug-likeness (QED) is 0.431. The number of hydrogen-bond donors (Lipinski definition) is 1. The van der Waals surface area contributed by atoms with Crippen LogP contribution in [0.4, 0.5) is 0 Å². The van der Waals surface area contributed by atoms with E-state index in [-0.39, 0.29) is 0 Å². The van der Waals surface area contributed by atoms with Gasteiger partial charge in [0.15, 0.2) is 0 Å². The molecule has 0 spiro atoms. The first kappa shape index (κ1) is 14.0. The third kappa shape index (κ3) is 10.1. The molecule has 0 unspecified atom stereocenters. The largest absolute Gasteiger partial charge is 0.300 e. The first-order valence-electron chi connectivity index (χ1n) is 5.93. The number of carbonyl (C=O) groups excluding carboxylic acids is 1. The van der Waals surface area contributed by atoms with Crippen LogP contribution < -0.4 is 0 Å². The number of ketones is 1. The van der Waals surface area contributed by atoms with Crippen LogP contribution in [0.5, 0.6) is 0 Å². The third-order valence-corrected chi connectivity index (χ3v) is 2.74. The normalized spacial score (nSPS) is 10.4. The minimum absolute atomic E-state index is 0.459. The fraction of sp³-hybridized carbons (Fsp3) is 0.917. The Bertz CT molecular complexity index is 120. The Hall–Kier alpha value is 0.0200. The van der Waals surface area contributed by atoms with E-state index in [4.69, 9.17) is 0 Å². The molecule has 0 aliphatic carbocycles. The Balaban J connectivity index is 3.11. The summed E-state index contributed by atoms with van der Waals surface area (Å²) >= 11 is 4.14. The lowest BCUT2D eigenvalue weighted by Gasteiger charge is -2.00. The lowest BCUT2D eigenvalue weighted by atomic mass is 10.1. The van der Waals surface area contributed by atoms with Gasteiger partial charge >= 0.3 is 0 Å². The van der Waals surface area contributed by atoms with Crippen LogP contribution in [0.2, 0.25) is 0 Å². The van der Waals surface area contributed by atoms with Crippen molar-refractivity contribution in [2.45, 2.75) is 64.7 Å². The van der Waals surface area contributed by atoms with E-state index in [1.165, 1.54) is 19.3 Å². The fourth-order valence-electron chi connectivity index (χ4n) is 1.48. The molecule has 0 amide bonds. The van der Waals surface area contributed by atoms with Crippen LogP contribution in [0.3, 0.4) is 0 Å². The molecule has 0 aromatic heterocycles. The summed E-state index contributed by atoms with van der Waals surface area (Å²) < 4.78 is 0. The van der Waals surface area contributed by atoms with Crippen molar-refractivity contribution in [3.63, 3.8) is 0 Å². The van der Waals surface area contributed by atoms with Crippen molar-refractivity contribution < 1.29 is 4.79 Å². The Kier molecular flexibility index (Phi) is 11.1. The van der Waals surface area contributed by atoms with E-state index >= 15 is 0 Å². The van der Waals surface area contributed by atoms with Crippen molar-refractivity contribution in [3.8, 4) is 0 Å². The fourth-order valence-corrected chi connectivity index (χ4v) is 1.71. The molecule has 0 saturated heterocycles. The second-order valence-electron chi connectivity index (χ2n) is 3.88. The van der Waals surface area contributed by atoms with Gasteiger partial charge in [0.2, 0.25) is 0 Å². The molecule has 0 atom stereocenters. The topological polar surface area (TPSA) is 17.1 Å². The Morgan fingerprint density at radius 2 is 1.50 bits per heavy atom. The first-order chi connectivity index (χ1) is 6.81. The molecule has 0 saturated carbocycles. The second-order valence-corrected chi connectivity index (χ2v) is 4.33. The van der Waals surface area contributed by atoms with Gasteiger partial charge < -0.3 is 0 Å². The van der Waals surface area contributed by atoms with Gasteiger partial charge in [0.25, 0.3) is 0 Å². The molecule has 0 N–H and O–H groups in total. The number of hydrogen-bond acceptors (Lipinski definition) is 2. The molecule has 0 heterocycles. The Morgan fingerprint density at radius 1 is 0.929 bits per heavy atom. The van der Waals surface area contributed by atoms with Crippen LogP contribution in [0.1, 0.15) is 64.7 Å². The van der Waals surface area contributed by atoms with E-state index in [9.17, 15) is 4.79 Å². The molecular formula is C12H24OS. The van der Waals surface area contributed by atoms with Crippen molar-refractivity contribution in [1.82, 2.24) is 0 Å². The lowest BCUT2D eigenvalue weighted by Crippen LogP contribution is -1.97. The van der Waals surface area contributed by atoms with Crippen LogP contribution in [0.25, 0.3) is 0 Å². The standard InChI is InChI=1S/C12H24OS/c1-2-3-4-6-9-12(13)10-7-5-8-11-14/h14H,2-11H2,1H3. The van der Waals surface area contributed by atoms with Crippen LogP contribution in [-0.2, 0) is 4.79 Å². The number of rotatable bonds is 10. The monoisotopic (exact) mass is 216 g/mol. The van der Waals surface area contributed by atoms with Gasteiger partial charge in [-0.3, -0.25) is 4.79 Å². The molecule has 84 valence electrons. The Labute approximate surface area is 94.1 Å². The number of carbonyl (C=O) groups is 1. The summed E-state index contributed by atoms with van der Waals surface area (Å²) in [5.74, 6) is 1.41. The smallest absolute Gasteiger partial charge is 0.132 e. The first-order valence-corrected chi connectivity index (χ1v) is 6.57. The third-order valence-electron chi connectivity index (χ3n) is 2.42. The van der Waals surface area contributed by atoms with E-state index < -0.39 is 0 Å². The van der Waals surface area contributed by atoms with Crippen molar-refractivity contribution in [2.24, 2.45) is 0 Å². The zero-order valence-electron chi connectivity index (χ0n) is 9.43.